The third-order valence-corrected chi connectivity index (χ3v) is 4.10. The van der Waals surface area contributed by atoms with Gasteiger partial charge in [-0.1, -0.05) is 35.0 Å². The topological polar surface area (TPSA) is 43.9 Å². The molecule has 0 aliphatic heterocycles. The standard InChI is InChI=1S/C12H8Cl2FN3OS/c1-18-10(14)4-7(17-18)5-20-12-16-9-3-6(15)2-8(13)11(9)19-12/h2-4H,5H2,1H3. The maximum atomic E-state index is 13.2. The lowest BCUT2D eigenvalue weighted by atomic mass is 10.3. The lowest BCUT2D eigenvalue weighted by Gasteiger charge is -1.92. The van der Waals surface area contributed by atoms with Crippen LogP contribution in [-0.2, 0) is 12.8 Å². The first-order valence-corrected chi connectivity index (χ1v) is 7.34. The average Bonchev–Trinajstić information content (AvgIpc) is 2.91. The molecule has 0 radical (unpaired) electrons. The van der Waals surface area contributed by atoms with E-state index >= 15 is 0 Å². The van der Waals surface area contributed by atoms with E-state index in [4.69, 9.17) is 27.6 Å². The molecule has 0 aliphatic rings. The number of thioether (sulfide) groups is 1. The van der Waals surface area contributed by atoms with Crippen molar-refractivity contribution in [2.24, 2.45) is 7.05 Å². The molecule has 0 spiro atoms. The molecule has 0 aliphatic carbocycles. The first-order chi connectivity index (χ1) is 9.52. The van der Waals surface area contributed by atoms with E-state index in [2.05, 4.69) is 10.1 Å². The molecular formula is C12H8Cl2FN3OS. The lowest BCUT2D eigenvalue weighted by molar-refractivity contribution is 0.489. The van der Waals surface area contributed by atoms with E-state index in [0.29, 0.717) is 27.2 Å². The van der Waals surface area contributed by atoms with Gasteiger partial charge in [0.1, 0.15) is 16.5 Å². The summed E-state index contributed by atoms with van der Waals surface area (Å²) in [4.78, 5) is 4.18. The van der Waals surface area contributed by atoms with Crippen molar-refractivity contribution >= 4 is 46.1 Å². The monoisotopic (exact) mass is 331 g/mol. The number of oxazole rings is 1. The van der Waals surface area contributed by atoms with E-state index in [9.17, 15) is 4.39 Å². The molecule has 0 unspecified atom stereocenters. The van der Waals surface area contributed by atoms with E-state index in [0.717, 1.165) is 5.69 Å². The summed E-state index contributed by atoms with van der Waals surface area (Å²) in [5.74, 6) is 0.108. The minimum atomic E-state index is -0.441. The second-order valence-electron chi connectivity index (χ2n) is 4.09. The van der Waals surface area contributed by atoms with Crippen LogP contribution in [0, 0.1) is 5.82 Å². The number of nitrogens with zero attached hydrogens (tertiary/aromatic N) is 3. The van der Waals surface area contributed by atoms with Gasteiger partial charge >= 0.3 is 0 Å². The minimum absolute atomic E-state index is 0.209. The van der Waals surface area contributed by atoms with Crippen LogP contribution in [0.2, 0.25) is 10.2 Å². The summed E-state index contributed by atoms with van der Waals surface area (Å²) in [6.07, 6.45) is 0. The molecule has 0 amide bonds. The number of aromatic nitrogens is 3. The van der Waals surface area contributed by atoms with Crippen LogP contribution in [0.25, 0.3) is 11.1 Å². The minimum Gasteiger partial charge on any atom is -0.430 e. The Balaban J connectivity index is 1.82. The number of hydrogen-bond donors (Lipinski definition) is 0. The summed E-state index contributed by atoms with van der Waals surface area (Å²) >= 11 is 13.1. The second-order valence-corrected chi connectivity index (χ2v) is 5.81. The molecule has 2 heterocycles. The van der Waals surface area contributed by atoms with Gasteiger partial charge in [-0.3, -0.25) is 4.68 Å². The highest BCUT2D eigenvalue weighted by Crippen LogP contribution is 2.31. The van der Waals surface area contributed by atoms with Crippen LogP contribution in [0.3, 0.4) is 0 Å². The normalized spacial score (nSPS) is 11.4. The molecule has 0 saturated heterocycles. The van der Waals surface area contributed by atoms with Gasteiger partial charge in [0.05, 0.1) is 10.7 Å². The number of fused-ring (bicyclic) bond motifs is 1. The van der Waals surface area contributed by atoms with Crippen LogP contribution >= 0.6 is 35.0 Å². The van der Waals surface area contributed by atoms with Crippen LogP contribution in [0.1, 0.15) is 5.69 Å². The third kappa shape index (κ3) is 2.63. The van der Waals surface area contributed by atoms with E-state index in [1.807, 2.05) is 0 Å². The number of hydrogen-bond acceptors (Lipinski definition) is 4. The van der Waals surface area contributed by atoms with Crippen molar-refractivity contribution in [3.63, 3.8) is 0 Å². The maximum absolute atomic E-state index is 13.2. The zero-order valence-electron chi connectivity index (χ0n) is 10.2. The summed E-state index contributed by atoms with van der Waals surface area (Å²) in [7, 11) is 1.76. The Kier molecular flexibility index (Phi) is 3.62. The Bertz CT molecular complexity index is 767. The average molecular weight is 332 g/mol. The van der Waals surface area contributed by atoms with Crippen LogP contribution in [0.4, 0.5) is 4.39 Å². The predicted octanol–water partition coefficient (Wildman–Crippen LogP) is 4.30. The summed E-state index contributed by atoms with van der Waals surface area (Å²) in [6, 6.07) is 4.25. The SMILES string of the molecule is Cn1nc(CSc2nc3cc(F)cc(Cl)c3o2)cc1Cl. The summed E-state index contributed by atoms with van der Waals surface area (Å²) in [5.41, 5.74) is 1.59. The summed E-state index contributed by atoms with van der Waals surface area (Å²) < 4.78 is 20.3. The number of benzene rings is 1. The maximum Gasteiger partial charge on any atom is 0.257 e. The van der Waals surface area contributed by atoms with Gasteiger partial charge in [-0.15, -0.1) is 0 Å². The predicted molar refractivity (Wildman–Crippen MR) is 76.8 cm³/mol. The highest BCUT2D eigenvalue weighted by Gasteiger charge is 2.12. The highest BCUT2D eigenvalue weighted by atomic mass is 35.5. The Labute approximate surface area is 127 Å². The first kappa shape index (κ1) is 13.7. The second kappa shape index (κ2) is 5.27. The summed E-state index contributed by atoms with van der Waals surface area (Å²) in [5, 5.41) is 5.40. The molecule has 0 atom stereocenters. The van der Waals surface area contributed by atoms with E-state index in [1.165, 1.54) is 23.9 Å². The molecular weight excluding hydrogens is 324 g/mol. The molecule has 8 heteroatoms. The molecule has 3 aromatic rings. The molecule has 20 heavy (non-hydrogen) atoms. The Hall–Kier alpha value is -1.24. The van der Waals surface area contributed by atoms with Crippen LogP contribution in [0.15, 0.2) is 27.8 Å². The Morgan fingerprint density at radius 1 is 1.35 bits per heavy atom. The van der Waals surface area contributed by atoms with Gasteiger partial charge < -0.3 is 4.42 Å². The quantitative estimate of drug-likeness (QED) is 0.671. The molecule has 104 valence electrons. The van der Waals surface area contributed by atoms with Crippen molar-refractivity contribution in [1.29, 1.82) is 0 Å². The Morgan fingerprint density at radius 3 is 2.85 bits per heavy atom. The van der Waals surface area contributed by atoms with Crippen LogP contribution in [-0.4, -0.2) is 14.8 Å². The number of aryl methyl sites for hydroxylation is 1. The van der Waals surface area contributed by atoms with Crippen molar-refractivity contribution in [1.82, 2.24) is 14.8 Å². The fourth-order valence-corrected chi connectivity index (χ4v) is 2.83. The van der Waals surface area contributed by atoms with Gasteiger partial charge in [-0.2, -0.15) is 5.10 Å². The van der Waals surface area contributed by atoms with E-state index in [1.54, 1.807) is 17.8 Å². The van der Waals surface area contributed by atoms with Gasteiger partial charge in [0.15, 0.2) is 5.58 Å². The van der Waals surface area contributed by atoms with E-state index < -0.39 is 5.82 Å². The smallest absolute Gasteiger partial charge is 0.257 e. The molecule has 1 aromatic carbocycles. The third-order valence-electron chi connectivity index (χ3n) is 2.61. The van der Waals surface area contributed by atoms with Crippen molar-refractivity contribution in [2.45, 2.75) is 11.0 Å². The highest BCUT2D eigenvalue weighted by molar-refractivity contribution is 7.98. The van der Waals surface area contributed by atoms with E-state index in [-0.39, 0.29) is 5.02 Å². The number of rotatable bonds is 3. The van der Waals surface area contributed by atoms with Gasteiger partial charge in [-0.05, 0) is 12.1 Å². The molecule has 0 fully saturated rings. The number of halogens is 3. The zero-order valence-corrected chi connectivity index (χ0v) is 12.6. The first-order valence-electron chi connectivity index (χ1n) is 5.60. The molecule has 4 nitrogen and oxygen atoms in total. The van der Waals surface area contributed by atoms with Gasteiger partial charge in [0.25, 0.3) is 5.22 Å². The largest absolute Gasteiger partial charge is 0.430 e. The van der Waals surface area contributed by atoms with Gasteiger partial charge in [-0.25, -0.2) is 9.37 Å². The van der Waals surface area contributed by atoms with Crippen molar-refractivity contribution in [2.75, 3.05) is 0 Å². The molecule has 0 N–H and O–H groups in total. The van der Waals surface area contributed by atoms with Gasteiger partial charge in [0.2, 0.25) is 0 Å². The fourth-order valence-electron chi connectivity index (χ4n) is 1.71. The van der Waals surface area contributed by atoms with Crippen molar-refractivity contribution < 1.29 is 8.81 Å². The Morgan fingerprint density at radius 2 is 2.15 bits per heavy atom. The summed E-state index contributed by atoms with van der Waals surface area (Å²) in [6.45, 7) is 0. The zero-order chi connectivity index (χ0) is 14.3. The van der Waals surface area contributed by atoms with Crippen molar-refractivity contribution in [3.8, 4) is 0 Å². The molecule has 0 bridgehead atoms. The molecule has 3 rings (SSSR count). The lowest BCUT2D eigenvalue weighted by Crippen LogP contribution is -1.90. The molecule has 2 aromatic heterocycles. The van der Waals surface area contributed by atoms with Crippen LogP contribution < -0.4 is 0 Å². The molecule has 0 saturated carbocycles. The van der Waals surface area contributed by atoms with Crippen molar-refractivity contribution in [3.05, 3.63) is 39.9 Å². The van der Waals surface area contributed by atoms with Gasteiger partial charge in [0, 0.05) is 18.9 Å². The fraction of sp³-hybridized carbons (Fsp3) is 0.167. The van der Waals surface area contributed by atoms with Crippen LogP contribution in [0.5, 0.6) is 0 Å².